The molecule has 0 saturated heterocycles. The van der Waals surface area contributed by atoms with Crippen molar-refractivity contribution >= 4 is 5.91 Å². The van der Waals surface area contributed by atoms with Gasteiger partial charge in [0.2, 0.25) is 5.91 Å². The highest BCUT2D eigenvalue weighted by molar-refractivity contribution is 5.81. The molecule has 5 heteroatoms. The van der Waals surface area contributed by atoms with E-state index in [2.05, 4.69) is 6.07 Å². The van der Waals surface area contributed by atoms with E-state index in [-0.39, 0.29) is 5.91 Å². The lowest BCUT2D eigenvalue weighted by Gasteiger charge is -2.21. The molecule has 1 unspecified atom stereocenters. The first-order valence-corrected chi connectivity index (χ1v) is 8.20. The van der Waals surface area contributed by atoms with Crippen molar-refractivity contribution in [2.75, 3.05) is 26.3 Å². The molecule has 0 radical (unpaired) electrons. The van der Waals surface area contributed by atoms with Gasteiger partial charge in [0.05, 0.1) is 19.3 Å². The molecule has 0 aliphatic carbocycles. The molecule has 0 aromatic heterocycles. The molecular weight excluding hydrogens is 292 g/mol. The highest BCUT2D eigenvalue weighted by Gasteiger charge is 2.21. The van der Waals surface area contributed by atoms with Crippen molar-refractivity contribution in [1.82, 2.24) is 4.90 Å². The number of nitriles is 1. The van der Waals surface area contributed by atoms with E-state index in [0.717, 1.165) is 0 Å². The molecule has 0 spiro atoms. The molecule has 0 fully saturated rings. The zero-order chi connectivity index (χ0) is 17.1. The maximum absolute atomic E-state index is 12.2. The number of carbonyl (C=O) groups is 1. The molecule has 0 saturated carbocycles. The normalized spacial score (nSPS) is 11.4. The van der Waals surface area contributed by atoms with Crippen molar-refractivity contribution < 1.29 is 14.3 Å². The van der Waals surface area contributed by atoms with E-state index in [4.69, 9.17) is 9.47 Å². The third-order valence-electron chi connectivity index (χ3n) is 3.57. The molecule has 1 aromatic carbocycles. The Bertz CT molecular complexity index is 521. The Kier molecular flexibility index (Phi) is 8.59. The number of hydrogen-bond donors (Lipinski definition) is 0. The van der Waals surface area contributed by atoms with Gasteiger partial charge in [0, 0.05) is 13.1 Å². The minimum absolute atomic E-state index is 0.0905. The second-order valence-electron chi connectivity index (χ2n) is 5.06. The van der Waals surface area contributed by atoms with Gasteiger partial charge in [0.15, 0.2) is 11.5 Å². The van der Waals surface area contributed by atoms with Gasteiger partial charge in [-0.1, -0.05) is 12.1 Å². The molecule has 0 aliphatic heterocycles. The van der Waals surface area contributed by atoms with Crippen LogP contribution in [0.25, 0.3) is 0 Å². The number of carbonyl (C=O) groups excluding carboxylic acids is 1. The lowest BCUT2D eigenvalue weighted by atomic mass is 10.0. The van der Waals surface area contributed by atoms with Crippen LogP contribution in [0.5, 0.6) is 11.5 Å². The second-order valence-corrected chi connectivity index (χ2v) is 5.06. The average molecular weight is 318 g/mol. The summed E-state index contributed by atoms with van der Waals surface area (Å²) >= 11 is 0. The smallest absolute Gasteiger partial charge is 0.239 e. The van der Waals surface area contributed by atoms with Gasteiger partial charge >= 0.3 is 0 Å². The third kappa shape index (κ3) is 5.82. The number of ether oxygens (including phenoxy) is 2. The number of rotatable bonds is 10. The van der Waals surface area contributed by atoms with E-state index in [0.29, 0.717) is 50.6 Å². The van der Waals surface area contributed by atoms with Crippen molar-refractivity contribution in [3.8, 4) is 17.6 Å². The van der Waals surface area contributed by atoms with Gasteiger partial charge in [0.25, 0.3) is 0 Å². The van der Waals surface area contributed by atoms with Gasteiger partial charge in [-0.15, -0.1) is 0 Å². The first kappa shape index (κ1) is 18.8. The molecule has 1 atom stereocenters. The molecule has 0 bridgehead atoms. The molecule has 5 nitrogen and oxygen atoms in total. The summed E-state index contributed by atoms with van der Waals surface area (Å²) in [5, 5.41) is 9.21. The standard InChI is InChI=1S/C18H26N2O3/c1-4-20(5-2)18(21)15(14-19)10-9-13-23-17-12-8-7-11-16(17)22-6-3/h7-8,11-12,15H,4-6,9-10,13H2,1-3H3. The van der Waals surface area contributed by atoms with Crippen LogP contribution >= 0.6 is 0 Å². The van der Waals surface area contributed by atoms with E-state index in [1.54, 1.807) is 4.90 Å². The number of benzene rings is 1. The van der Waals surface area contributed by atoms with E-state index >= 15 is 0 Å². The summed E-state index contributed by atoms with van der Waals surface area (Å²) < 4.78 is 11.2. The fraction of sp³-hybridized carbons (Fsp3) is 0.556. The van der Waals surface area contributed by atoms with Crippen molar-refractivity contribution in [3.63, 3.8) is 0 Å². The van der Waals surface area contributed by atoms with Crippen molar-refractivity contribution in [2.24, 2.45) is 5.92 Å². The van der Waals surface area contributed by atoms with Crippen LogP contribution in [-0.4, -0.2) is 37.1 Å². The summed E-state index contributed by atoms with van der Waals surface area (Å²) in [4.78, 5) is 13.9. The van der Waals surface area contributed by atoms with Gasteiger partial charge in [-0.05, 0) is 45.7 Å². The Balaban J connectivity index is 2.47. The third-order valence-corrected chi connectivity index (χ3v) is 3.57. The topological polar surface area (TPSA) is 62.6 Å². The molecule has 126 valence electrons. The molecule has 0 N–H and O–H groups in total. The predicted molar refractivity (Wildman–Crippen MR) is 89.4 cm³/mol. The maximum Gasteiger partial charge on any atom is 0.239 e. The molecule has 0 aliphatic rings. The largest absolute Gasteiger partial charge is 0.490 e. The Labute approximate surface area is 138 Å². The second kappa shape index (κ2) is 10.5. The summed E-state index contributed by atoms with van der Waals surface area (Å²) in [6.45, 7) is 8.06. The van der Waals surface area contributed by atoms with Gasteiger partial charge in [0.1, 0.15) is 5.92 Å². The monoisotopic (exact) mass is 318 g/mol. The van der Waals surface area contributed by atoms with Crippen molar-refractivity contribution in [1.29, 1.82) is 5.26 Å². The number of nitrogens with zero attached hydrogens (tertiary/aromatic N) is 2. The Hall–Kier alpha value is -2.22. The van der Waals surface area contributed by atoms with Crippen LogP contribution in [0.4, 0.5) is 0 Å². The van der Waals surface area contributed by atoms with E-state index in [1.807, 2.05) is 45.0 Å². The fourth-order valence-electron chi connectivity index (χ4n) is 2.31. The highest BCUT2D eigenvalue weighted by atomic mass is 16.5. The molecule has 1 amide bonds. The van der Waals surface area contributed by atoms with Crippen molar-refractivity contribution in [2.45, 2.75) is 33.6 Å². The number of amides is 1. The minimum Gasteiger partial charge on any atom is -0.490 e. The summed E-state index contributed by atoms with van der Waals surface area (Å²) in [6.07, 6.45) is 1.15. The fourth-order valence-corrected chi connectivity index (χ4v) is 2.31. The molecule has 0 heterocycles. The predicted octanol–water partition coefficient (Wildman–Crippen LogP) is 3.25. The van der Waals surface area contributed by atoms with Crippen LogP contribution in [0.2, 0.25) is 0 Å². The van der Waals surface area contributed by atoms with Crippen LogP contribution in [0, 0.1) is 17.2 Å². The molecule has 1 rings (SSSR count). The SMILES string of the molecule is CCOc1ccccc1OCCCC(C#N)C(=O)N(CC)CC. The number of para-hydroxylation sites is 2. The summed E-state index contributed by atoms with van der Waals surface area (Å²) in [7, 11) is 0. The van der Waals surface area contributed by atoms with Gasteiger partial charge < -0.3 is 14.4 Å². The Morgan fingerprint density at radius 3 is 2.30 bits per heavy atom. The summed E-state index contributed by atoms with van der Waals surface area (Å²) in [6, 6.07) is 9.61. The average Bonchev–Trinajstić information content (AvgIpc) is 2.57. The van der Waals surface area contributed by atoms with Crippen LogP contribution in [0.15, 0.2) is 24.3 Å². The van der Waals surface area contributed by atoms with E-state index in [9.17, 15) is 10.1 Å². The van der Waals surface area contributed by atoms with Crippen molar-refractivity contribution in [3.05, 3.63) is 24.3 Å². The zero-order valence-corrected chi connectivity index (χ0v) is 14.2. The van der Waals surface area contributed by atoms with Crippen LogP contribution < -0.4 is 9.47 Å². The van der Waals surface area contributed by atoms with E-state index < -0.39 is 5.92 Å². The lowest BCUT2D eigenvalue weighted by Crippen LogP contribution is -2.35. The zero-order valence-electron chi connectivity index (χ0n) is 14.2. The first-order chi connectivity index (χ1) is 11.2. The van der Waals surface area contributed by atoms with Gasteiger partial charge in [-0.2, -0.15) is 5.26 Å². The Morgan fingerprint density at radius 1 is 1.17 bits per heavy atom. The summed E-state index contributed by atoms with van der Waals surface area (Å²) in [5.74, 6) is 0.719. The number of hydrogen-bond acceptors (Lipinski definition) is 4. The first-order valence-electron chi connectivity index (χ1n) is 8.20. The molecular formula is C18H26N2O3. The minimum atomic E-state index is -0.597. The van der Waals surface area contributed by atoms with Crippen LogP contribution in [-0.2, 0) is 4.79 Å². The highest BCUT2D eigenvalue weighted by Crippen LogP contribution is 2.26. The Morgan fingerprint density at radius 2 is 1.78 bits per heavy atom. The van der Waals surface area contributed by atoms with Gasteiger partial charge in [-0.3, -0.25) is 4.79 Å². The quantitative estimate of drug-likeness (QED) is 0.621. The summed E-state index contributed by atoms with van der Waals surface area (Å²) in [5.41, 5.74) is 0. The van der Waals surface area contributed by atoms with E-state index in [1.165, 1.54) is 0 Å². The van der Waals surface area contributed by atoms with Crippen LogP contribution in [0.1, 0.15) is 33.6 Å². The molecule has 1 aromatic rings. The van der Waals surface area contributed by atoms with Crippen LogP contribution in [0.3, 0.4) is 0 Å². The molecule has 23 heavy (non-hydrogen) atoms. The van der Waals surface area contributed by atoms with Gasteiger partial charge in [-0.25, -0.2) is 0 Å². The lowest BCUT2D eigenvalue weighted by molar-refractivity contribution is -0.133. The maximum atomic E-state index is 12.2.